The quantitative estimate of drug-likeness (QED) is 0.478. The normalized spacial score (nSPS) is 10.4. The van der Waals surface area contributed by atoms with Crippen LogP contribution >= 0.6 is 23.1 Å². The lowest BCUT2D eigenvalue weighted by molar-refractivity contribution is -0.116. The molecule has 0 bridgehead atoms. The minimum absolute atomic E-state index is 0.100. The van der Waals surface area contributed by atoms with Gasteiger partial charge in [-0.25, -0.2) is 4.98 Å². The summed E-state index contributed by atoms with van der Waals surface area (Å²) in [4.78, 5) is 31.1. The van der Waals surface area contributed by atoms with Gasteiger partial charge in [0.1, 0.15) is 0 Å². The molecule has 3 aromatic rings. The molecule has 2 aromatic carbocycles. The molecule has 30 heavy (non-hydrogen) atoms. The number of amides is 2. The number of benzene rings is 2. The van der Waals surface area contributed by atoms with E-state index in [1.807, 2.05) is 66.9 Å². The van der Waals surface area contributed by atoms with Gasteiger partial charge in [0, 0.05) is 23.2 Å². The smallest absolute Gasteiger partial charge is 0.239 e. The van der Waals surface area contributed by atoms with Gasteiger partial charge >= 0.3 is 0 Å². The van der Waals surface area contributed by atoms with Gasteiger partial charge in [-0.1, -0.05) is 54.1 Å². The van der Waals surface area contributed by atoms with Crippen molar-refractivity contribution in [3.05, 3.63) is 78.2 Å². The molecule has 0 saturated heterocycles. The molecular weight excluding hydrogens is 414 g/mol. The van der Waals surface area contributed by atoms with Crippen molar-refractivity contribution >= 4 is 45.7 Å². The minimum atomic E-state index is -0.132. The number of hydrogen-bond acceptors (Lipinski definition) is 5. The van der Waals surface area contributed by atoms with Crippen molar-refractivity contribution in [3.63, 3.8) is 0 Å². The number of nitrogens with zero attached hydrogens (tertiary/aromatic N) is 2. The summed E-state index contributed by atoms with van der Waals surface area (Å²) in [7, 11) is 0. The number of carbonyl (C=O) groups excluding carboxylic acids is 2. The van der Waals surface area contributed by atoms with Crippen molar-refractivity contribution < 1.29 is 9.59 Å². The molecule has 0 radical (unpaired) electrons. The molecule has 7 heteroatoms. The summed E-state index contributed by atoms with van der Waals surface area (Å²) in [6.45, 7) is 6.11. The van der Waals surface area contributed by atoms with Crippen LogP contribution in [-0.4, -0.2) is 34.8 Å². The summed E-state index contributed by atoms with van der Waals surface area (Å²) in [5.74, 6) is 0.161. The Hall–Kier alpha value is -2.90. The Morgan fingerprint density at radius 1 is 1.13 bits per heavy atom. The highest BCUT2D eigenvalue weighted by Gasteiger charge is 2.19. The first-order valence-electron chi connectivity index (χ1n) is 9.43. The van der Waals surface area contributed by atoms with Gasteiger partial charge in [0.15, 0.2) is 5.13 Å². The van der Waals surface area contributed by atoms with Crippen LogP contribution in [0.4, 0.5) is 10.8 Å². The summed E-state index contributed by atoms with van der Waals surface area (Å²) in [6.07, 6.45) is 1.68. The molecule has 0 fully saturated rings. The highest BCUT2D eigenvalue weighted by molar-refractivity contribution is 8.00. The Kier molecular flexibility index (Phi) is 7.82. The number of aryl methyl sites for hydroxylation is 1. The first-order chi connectivity index (χ1) is 14.6. The fourth-order valence-corrected chi connectivity index (χ4v) is 4.24. The molecule has 0 spiro atoms. The fourth-order valence-electron chi connectivity index (χ4n) is 2.69. The summed E-state index contributed by atoms with van der Waals surface area (Å²) in [6, 6.07) is 17.5. The number of anilines is 2. The van der Waals surface area contributed by atoms with E-state index in [0.717, 1.165) is 22.5 Å². The van der Waals surface area contributed by atoms with E-state index in [2.05, 4.69) is 16.9 Å². The first-order valence-corrected chi connectivity index (χ1v) is 11.5. The second-order valence-corrected chi connectivity index (χ2v) is 8.40. The zero-order valence-corrected chi connectivity index (χ0v) is 18.3. The lowest BCUT2D eigenvalue weighted by Crippen LogP contribution is -2.32. The number of rotatable bonds is 9. The van der Waals surface area contributed by atoms with Crippen LogP contribution in [0.2, 0.25) is 0 Å². The van der Waals surface area contributed by atoms with Crippen LogP contribution in [0, 0.1) is 6.92 Å². The third-order valence-electron chi connectivity index (χ3n) is 4.20. The van der Waals surface area contributed by atoms with Gasteiger partial charge < -0.3 is 5.32 Å². The molecule has 1 aromatic heterocycles. The third kappa shape index (κ3) is 6.05. The maximum Gasteiger partial charge on any atom is 0.239 e. The average molecular weight is 438 g/mol. The van der Waals surface area contributed by atoms with Gasteiger partial charge in [0.2, 0.25) is 11.8 Å². The lowest BCUT2D eigenvalue weighted by Gasteiger charge is -2.17. The molecule has 3 rings (SSSR count). The topological polar surface area (TPSA) is 62.3 Å². The molecule has 0 saturated carbocycles. The minimum Gasteiger partial charge on any atom is -0.325 e. The Bertz CT molecular complexity index is 1000. The molecule has 1 N–H and O–H groups in total. The van der Waals surface area contributed by atoms with E-state index in [1.54, 1.807) is 11.0 Å². The lowest BCUT2D eigenvalue weighted by atomic mass is 10.2. The van der Waals surface area contributed by atoms with Crippen molar-refractivity contribution in [2.75, 3.05) is 28.3 Å². The van der Waals surface area contributed by atoms with E-state index >= 15 is 0 Å². The summed E-state index contributed by atoms with van der Waals surface area (Å²) >= 11 is 2.70. The van der Waals surface area contributed by atoms with Crippen molar-refractivity contribution in [1.29, 1.82) is 0 Å². The van der Waals surface area contributed by atoms with Gasteiger partial charge in [-0.2, -0.15) is 0 Å². The number of carbonyl (C=O) groups is 2. The summed E-state index contributed by atoms with van der Waals surface area (Å²) in [5.41, 5.74) is 3.73. The number of hydrogen-bond donors (Lipinski definition) is 1. The predicted molar refractivity (Wildman–Crippen MR) is 127 cm³/mol. The molecule has 0 unspecified atom stereocenters. The molecule has 0 aliphatic rings. The molecule has 154 valence electrons. The average Bonchev–Trinajstić information content (AvgIpc) is 3.24. The van der Waals surface area contributed by atoms with Crippen LogP contribution in [0.15, 0.2) is 72.6 Å². The van der Waals surface area contributed by atoms with Crippen LogP contribution in [0.1, 0.15) is 5.56 Å². The van der Waals surface area contributed by atoms with Gasteiger partial charge in [-0.05, 0) is 19.1 Å². The van der Waals surface area contributed by atoms with Gasteiger partial charge in [-0.15, -0.1) is 29.7 Å². The first kappa shape index (κ1) is 21.8. The molecule has 1 heterocycles. The maximum atomic E-state index is 12.7. The van der Waals surface area contributed by atoms with E-state index in [1.165, 1.54) is 23.1 Å². The monoisotopic (exact) mass is 437 g/mol. The van der Waals surface area contributed by atoms with E-state index in [9.17, 15) is 9.59 Å². The van der Waals surface area contributed by atoms with Gasteiger partial charge in [0.25, 0.3) is 0 Å². The Balaban J connectivity index is 1.55. The van der Waals surface area contributed by atoms with E-state index in [4.69, 9.17) is 0 Å². The highest BCUT2D eigenvalue weighted by Crippen LogP contribution is 2.27. The van der Waals surface area contributed by atoms with Crippen LogP contribution < -0.4 is 10.2 Å². The standard InChI is InChI=1S/C23H23N3O2S2/c1-3-13-26(23-25-20(14-30-23)18-7-5-4-6-8-18)22(28)16-29-15-21(27)24-19-11-9-17(2)10-12-19/h3-12,14H,1,13,15-16H2,2H3,(H,24,27). The Labute approximate surface area is 184 Å². The van der Waals surface area contributed by atoms with Crippen molar-refractivity contribution in [2.24, 2.45) is 0 Å². The molecular formula is C23H23N3O2S2. The fraction of sp³-hybridized carbons (Fsp3) is 0.174. The Morgan fingerprint density at radius 2 is 1.87 bits per heavy atom. The Morgan fingerprint density at radius 3 is 2.57 bits per heavy atom. The van der Waals surface area contributed by atoms with Crippen LogP contribution in [0.25, 0.3) is 11.3 Å². The number of nitrogens with one attached hydrogen (secondary N) is 1. The molecule has 0 atom stereocenters. The van der Waals surface area contributed by atoms with Gasteiger partial charge in [-0.3, -0.25) is 14.5 Å². The number of thiazole rings is 1. The highest BCUT2D eigenvalue weighted by atomic mass is 32.2. The summed E-state index contributed by atoms with van der Waals surface area (Å²) < 4.78 is 0. The molecule has 2 amide bonds. The van der Waals surface area contributed by atoms with Crippen molar-refractivity contribution in [3.8, 4) is 11.3 Å². The van der Waals surface area contributed by atoms with E-state index in [0.29, 0.717) is 11.7 Å². The second kappa shape index (κ2) is 10.8. The second-order valence-electron chi connectivity index (χ2n) is 6.58. The maximum absolute atomic E-state index is 12.7. The molecule has 0 aliphatic heterocycles. The zero-order chi connectivity index (χ0) is 21.3. The van der Waals surface area contributed by atoms with Crippen molar-refractivity contribution in [2.45, 2.75) is 6.92 Å². The summed E-state index contributed by atoms with van der Waals surface area (Å²) in [5, 5.41) is 5.41. The van der Waals surface area contributed by atoms with Gasteiger partial charge in [0.05, 0.1) is 17.2 Å². The molecule has 5 nitrogen and oxygen atoms in total. The van der Waals surface area contributed by atoms with Crippen LogP contribution in [-0.2, 0) is 9.59 Å². The number of aromatic nitrogens is 1. The van der Waals surface area contributed by atoms with E-state index < -0.39 is 0 Å². The van der Waals surface area contributed by atoms with Crippen molar-refractivity contribution in [1.82, 2.24) is 4.98 Å². The van der Waals surface area contributed by atoms with Crippen LogP contribution in [0.3, 0.4) is 0 Å². The third-order valence-corrected chi connectivity index (χ3v) is 5.98. The van der Waals surface area contributed by atoms with Crippen LogP contribution in [0.5, 0.6) is 0 Å². The zero-order valence-electron chi connectivity index (χ0n) is 16.7. The predicted octanol–water partition coefficient (Wildman–Crippen LogP) is 5.01. The molecule has 0 aliphatic carbocycles. The number of thioether (sulfide) groups is 1. The van der Waals surface area contributed by atoms with E-state index in [-0.39, 0.29) is 23.3 Å². The SMILES string of the molecule is C=CCN(C(=O)CSCC(=O)Nc1ccc(C)cc1)c1nc(-c2ccccc2)cs1. The largest absolute Gasteiger partial charge is 0.325 e.